The van der Waals surface area contributed by atoms with E-state index in [1.165, 1.54) is 6.33 Å². The summed E-state index contributed by atoms with van der Waals surface area (Å²) in [6.45, 7) is 5.66. The maximum absolute atomic E-state index is 11.4. The number of carboxylic acid groups (broad SMARTS) is 1. The Morgan fingerprint density at radius 3 is 2.58 bits per heavy atom. The molecular weight excluding hydrogens is 244 g/mol. The van der Waals surface area contributed by atoms with Crippen LogP contribution in [-0.2, 0) is 12.8 Å². The summed E-state index contributed by atoms with van der Waals surface area (Å²) >= 11 is 0. The summed E-state index contributed by atoms with van der Waals surface area (Å²) in [6, 6.07) is 1.79. The molecule has 6 nitrogen and oxygen atoms in total. The van der Waals surface area contributed by atoms with Gasteiger partial charge in [-0.2, -0.15) is 5.10 Å². The van der Waals surface area contributed by atoms with E-state index in [4.69, 9.17) is 0 Å². The molecule has 2 aromatic rings. The molecule has 0 atom stereocenters. The van der Waals surface area contributed by atoms with Crippen LogP contribution in [0.25, 0.3) is 5.82 Å². The SMILES string of the molecule is CCc1nn(-c2cc(C)ncn2)c(CC)c1C(=O)O. The van der Waals surface area contributed by atoms with E-state index in [1.54, 1.807) is 10.7 Å². The summed E-state index contributed by atoms with van der Waals surface area (Å²) in [6.07, 6.45) is 2.61. The molecule has 0 aliphatic heterocycles. The van der Waals surface area contributed by atoms with Crippen molar-refractivity contribution in [3.8, 4) is 5.82 Å². The van der Waals surface area contributed by atoms with Gasteiger partial charge in [-0.1, -0.05) is 13.8 Å². The van der Waals surface area contributed by atoms with E-state index in [0.717, 1.165) is 5.69 Å². The van der Waals surface area contributed by atoms with E-state index in [0.29, 0.717) is 35.6 Å². The van der Waals surface area contributed by atoms with Crippen molar-refractivity contribution < 1.29 is 9.90 Å². The first-order valence-electron chi connectivity index (χ1n) is 6.21. The number of carboxylic acids is 1. The Morgan fingerprint density at radius 2 is 2.05 bits per heavy atom. The number of aryl methyl sites for hydroxylation is 2. The standard InChI is InChI=1S/C13H16N4O2/c1-4-9-12(13(18)19)10(5-2)17(16-9)11-6-8(3)14-7-15-11/h6-7H,4-5H2,1-3H3,(H,18,19). The van der Waals surface area contributed by atoms with Crippen molar-refractivity contribution in [2.45, 2.75) is 33.6 Å². The molecule has 6 heteroatoms. The molecule has 0 aliphatic carbocycles. The molecule has 0 saturated carbocycles. The highest BCUT2D eigenvalue weighted by molar-refractivity contribution is 5.90. The smallest absolute Gasteiger partial charge is 0.339 e. The zero-order valence-corrected chi connectivity index (χ0v) is 11.2. The second kappa shape index (κ2) is 5.17. The summed E-state index contributed by atoms with van der Waals surface area (Å²) in [5, 5.41) is 13.7. The lowest BCUT2D eigenvalue weighted by Gasteiger charge is -2.05. The average Bonchev–Trinajstić information content (AvgIpc) is 2.77. The third kappa shape index (κ3) is 2.33. The number of carbonyl (C=O) groups is 1. The van der Waals surface area contributed by atoms with Crippen LogP contribution in [0.5, 0.6) is 0 Å². The topological polar surface area (TPSA) is 80.9 Å². The van der Waals surface area contributed by atoms with Gasteiger partial charge < -0.3 is 5.11 Å². The van der Waals surface area contributed by atoms with Gasteiger partial charge in [0.05, 0.1) is 11.4 Å². The fourth-order valence-corrected chi connectivity index (χ4v) is 2.07. The average molecular weight is 260 g/mol. The van der Waals surface area contributed by atoms with E-state index in [-0.39, 0.29) is 0 Å². The number of hydrogen-bond acceptors (Lipinski definition) is 4. The minimum atomic E-state index is -0.939. The molecule has 0 radical (unpaired) electrons. The molecule has 0 saturated heterocycles. The fourth-order valence-electron chi connectivity index (χ4n) is 2.07. The fraction of sp³-hybridized carbons (Fsp3) is 0.385. The maximum Gasteiger partial charge on any atom is 0.339 e. The number of nitrogens with zero attached hydrogens (tertiary/aromatic N) is 4. The molecule has 19 heavy (non-hydrogen) atoms. The highest BCUT2D eigenvalue weighted by Crippen LogP contribution is 2.19. The second-order valence-electron chi connectivity index (χ2n) is 4.21. The molecule has 1 N–H and O–H groups in total. The van der Waals surface area contributed by atoms with Gasteiger partial charge in [-0.3, -0.25) is 0 Å². The molecule has 0 spiro atoms. The van der Waals surface area contributed by atoms with Crippen LogP contribution < -0.4 is 0 Å². The van der Waals surface area contributed by atoms with E-state index >= 15 is 0 Å². The first-order chi connectivity index (χ1) is 9.08. The molecule has 2 rings (SSSR count). The summed E-state index contributed by atoms with van der Waals surface area (Å²) in [7, 11) is 0. The van der Waals surface area contributed by atoms with Gasteiger partial charge >= 0.3 is 5.97 Å². The zero-order chi connectivity index (χ0) is 14.0. The van der Waals surface area contributed by atoms with Crippen LogP contribution in [0.4, 0.5) is 0 Å². The first-order valence-corrected chi connectivity index (χ1v) is 6.21. The van der Waals surface area contributed by atoms with Crippen LogP contribution in [0, 0.1) is 6.92 Å². The normalized spacial score (nSPS) is 10.7. The van der Waals surface area contributed by atoms with Crippen molar-refractivity contribution in [1.82, 2.24) is 19.7 Å². The number of aromatic nitrogens is 4. The number of rotatable bonds is 4. The molecule has 0 aliphatic rings. The predicted molar refractivity (Wildman–Crippen MR) is 69.6 cm³/mol. The van der Waals surface area contributed by atoms with Gasteiger partial charge in [0.15, 0.2) is 5.82 Å². The highest BCUT2D eigenvalue weighted by atomic mass is 16.4. The Labute approximate surface area is 111 Å². The third-order valence-corrected chi connectivity index (χ3v) is 2.94. The van der Waals surface area contributed by atoms with Crippen molar-refractivity contribution in [3.63, 3.8) is 0 Å². The summed E-state index contributed by atoms with van der Waals surface area (Å²) < 4.78 is 1.61. The molecule has 0 aromatic carbocycles. The van der Waals surface area contributed by atoms with Gasteiger partial charge in [-0.25, -0.2) is 19.4 Å². The second-order valence-corrected chi connectivity index (χ2v) is 4.21. The molecule has 0 amide bonds. The minimum Gasteiger partial charge on any atom is -0.478 e. The zero-order valence-electron chi connectivity index (χ0n) is 11.2. The van der Waals surface area contributed by atoms with Gasteiger partial charge in [0.1, 0.15) is 11.9 Å². The third-order valence-electron chi connectivity index (χ3n) is 2.94. The van der Waals surface area contributed by atoms with E-state index in [2.05, 4.69) is 15.1 Å². The van der Waals surface area contributed by atoms with Crippen LogP contribution in [-0.4, -0.2) is 30.8 Å². The molecule has 2 aromatic heterocycles. The summed E-state index contributed by atoms with van der Waals surface area (Å²) in [5.74, 6) is -0.336. The van der Waals surface area contributed by atoms with Crippen molar-refractivity contribution in [2.24, 2.45) is 0 Å². The molecule has 0 fully saturated rings. The lowest BCUT2D eigenvalue weighted by atomic mass is 10.1. The molecular formula is C13H16N4O2. The first kappa shape index (κ1) is 13.2. The van der Waals surface area contributed by atoms with Crippen LogP contribution in [0.1, 0.15) is 41.3 Å². The predicted octanol–water partition coefficient (Wildman–Crippen LogP) is 1.79. The van der Waals surface area contributed by atoms with E-state index < -0.39 is 5.97 Å². The van der Waals surface area contributed by atoms with Crippen molar-refractivity contribution >= 4 is 5.97 Å². The van der Waals surface area contributed by atoms with Crippen molar-refractivity contribution in [3.05, 3.63) is 35.0 Å². The van der Waals surface area contributed by atoms with Crippen LogP contribution in [0.15, 0.2) is 12.4 Å². The maximum atomic E-state index is 11.4. The monoisotopic (exact) mass is 260 g/mol. The minimum absolute atomic E-state index is 0.293. The number of aromatic carboxylic acids is 1. The largest absolute Gasteiger partial charge is 0.478 e. The Kier molecular flexibility index (Phi) is 3.59. The van der Waals surface area contributed by atoms with Gasteiger partial charge in [0.2, 0.25) is 0 Å². The highest BCUT2D eigenvalue weighted by Gasteiger charge is 2.22. The molecule has 2 heterocycles. The Hall–Kier alpha value is -2.24. The molecule has 100 valence electrons. The summed E-state index contributed by atoms with van der Waals surface area (Å²) in [4.78, 5) is 19.6. The van der Waals surface area contributed by atoms with Gasteiger partial charge in [0, 0.05) is 11.8 Å². The van der Waals surface area contributed by atoms with Crippen LogP contribution in [0.3, 0.4) is 0 Å². The van der Waals surface area contributed by atoms with Crippen LogP contribution >= 0.6 is 0 Å². The van der Waals surface area contributed by atoms with Crippen LogP contribution in [0.2, 0.25) is 0 Å². The van der Waals surface area contributed by atoms with E-state index in [9.17, 15) is 9.90 Å². The molecule has 0 bridgehead atoms. The summed E-state index contributed by atoms with van der Waals surface area (Å²) in [5.41, 5.74) is 2.36. The van der Waals surface area contributed by atoms with E-state index in [1.807, 2.05) is 20.8 Å². The lowest BCUT2D eigenvalue weighted by Crippen LogP contribution is -2.07. The van der Waals surface area contributed by atoms with Crippen molar-refractivity contribution in [1.29, 1.82) is 0 Å². The van der Waals surface area contributed by atoms with Crippen molar-refractivity contribution in [2.75, 3.05) is 0 Å². The lowest BCUT2D eigenvalue weighted by molar-refractivity contribution is 0.0694. The van der Waals surface area contributed by atoms with Gasteiger partial charge in [-0.15, -0.1) is 0 Å². The van der Waals surface area contributed by atoms with Gasteiger partial charge in [-0.05, 0) is 19.8 Å². The quantitative estimate of drug-likeness (QED) is 0.906. The Balaban J connectivity index is 2.67. The Bertz CT molecular complexity index is 619. The molecule has 0 unspecified atom stereocenters. The Morgan fingerprint density at radius 1 is 1.32 bits per heavy atom. The van der Waals surface area contributed by atoms with Gasteiger partial charge in [0.25, 0.3) is 0 Å². The number of hydrogen-bond donors (Lipinski definition) is 1.